The number of hydrogen-bond acceptors (Lipinski definition) is 1. The van der Waals surface area contributed by atoms with Crippen molar-refractivity contribution in [1.29, 1.82) is 0 Å². The average molecular weight is 359 g/mol. The van der Waals surface area contributed by atoms with Crippen molar-refractivity contribution in [2.24, 2.45) is 0 Å². The first-order chi connectivity index (χ1) is 9.84. The van der Waals surface area contributed by atoms with Crippen molar-refractivity contribution in [3.63, 3.8) is 0 Å². The zero-order valence-corrected chi connectivity index (χ0v) is 11.9. The standard InChI is InChI=1S/C14H7BrF4N2/c15-9-2-4-13-20-12(7-21(13)6-9)8-1-3-11(16)10(5-8)14(17,18)19/h1-7H. The fourth-order valence-electron chi connectivity index (χ4n) is 2.01. The predicted molar refractivity (Wildman–Crippen MR) is 73.3 cm³/mol. The minimum Gasteiger partial charge on any atom is -0.305 e. The number of hydrogen-bond donors (Lipinski definition) is 0. The Morgan fingerprint density at radius 1 is 1.05 bits per heavy atom. The molecular weight excluding hydrogens is 352 g/mol. The summed E-state index contributed by atoms with van der Waals surface area (Å²) in [7, 11) is 0. The van der Waals surface area contributed by atoms with Gasteiger partial charge in [0.15, 0.2) is 0 Å². The summed E-state index contributed by atoms with van der Waals surface area (Å²) in [5.41, 5.74) is -0.147. The van der Waals surface area contributed by atoms with Gasteiger partial charge in [0, 0.05) is 22.4 Å². The maximum Gasteiger partial charge on any atom is 0.419 e. The first kappa shape index (κ1) is 14.1. The number of nitrogens with zero attached hydrogens (tertiary/aromatic N) is 2. The van der Waals surface area contributed by atoms with E-state index in [2.05, 4.69) is 20.9 Å². The third-order valence-electron chi connectivity index (χ3n) is 2.98. The van der Waals surface area contributed by atoms with Crippen molar-refractivity contribution < 1.29 is 17.6 Å². The van der Waals surface area contributed by atoms with Gasteiger partial charge in [-0.3, -0.25) is 0 Å². The van der Waals surface area contributed by atoms with E-state index >= 15 is 0 Å². The molecule has 1 aromatic carbocycles. The van der Waals surface area contributed by atoms with Crippen molar-refractivity contribution in [3.05, 3.63) is 58.6 Å². The molecule has 0 aliphatic rings. The summed E-state index contributed by atoms with van der Waals surface area (Å²) in [5.74, 6) is -1.29. The van der Waals surface area contributed by atoms with Crippen molar-refractivity contribution >= 4 is 21.6 Å². The summed E-state index contributed by atoms with van der Waals surface area (Å²) in [6.45, 7) is 0. The highest BCUT2D eigenvalue weighted by molar-refractivity contribution is 9.10. The Morgan fingerprint density at radius 2 is 1.81 bits per heavy atom. The minimum absolute atomic E-state index is 0.212. The molecule has 3 rings (SSSR count). The molecule has 0 unspecified atom stereocenters. The Hall–Kier alpha value is -1.89. The van der Waals surface area contributed by atoms with Gasteiger partial charge in [-0.2, -0.15) is 13.2 Å². The van der Waals surface area contributed by atoms with Crippen LogP contribution in [0, 0.1) is 5.82 Å². The number of rotatable bonds is 1. The fourth-order valence-corrected chi connectivity index (χ4v) is 2.36. The summed E-state index contributed by atoms with van der Waals surface area (Å²) >= 11 is 3.30. The second kappa shape index (κ2) is 4.84. The second-order valence-electron chi connectivity index (χ2n) is 4.43. The van der Waals surface area contributed by atoms with Gasteiger partial charge in [-0.15, -0.1) is 0 Å². The third kappa shape index (κ3) is 2.65. The number of fused-ring (bicyclic) bond motifs is 1. The van der Waals surface area contributed by atoms with E-state index in [1.165, 1.54) is 6.07 Å². The molecule has 7 heteroatoms. The maximum atomic E-state index is 13.3. The van der Waals surface area contributed by atoms with Gasteiger partial charge in [0.25, 0.3) is 0 Å². The van der Waals surface area contributed by atoms with Crippen LogP contribution in [0.15, 0.2) is 47.2 Å². The van der Waals surface area contributed by atoms with Gasteiger partial charge < -0.3 is 4.40 Å². The van der Waals surface area contributed by atoms with Crippen LogP contribution in [-0.2, 0) is 6.18 Å². The van der Waals surface area contributed by atoms with Crippen LogP contribution < -0.4 is 0 Å². The number of pyridine rings is 1. The number of imidazole rings is 1. The lowest BCUT2D eigenvalue weighted by molar-refractivity contribution is -0.139. The van der Waals surface area contributed by atoms with E-state index in [1.807, 2.05) is 0 Å². The average Bonchev–Trinajstić information content (AvgIpc) is 2.80. The van der Waals surface area contributed by atoms with Crippen LogP contribution in [0.1, 0.15) is 5.56 Å². The SMILES string of the molecule is Fc1ccc(-c2cn3cc(Br)ccc3n2)cc1C(F)(F)F. The van der Waals surface area contributed by atoms with Crippen LogP contribution in [0.5, 0.6) is 0 Å². The zero-order chi connectivity index (χ0) is 15.2. The monoisotopic (exact) mass is 358 g/mol. The summed E-state index contributed by atoms with van der Waals surface area (Å²) in [6.07, 6.45) is -1.41. The smallest absolute Gasteiger partial charge is 0.305 e. The number of alkyl halides is 3. The summed E-state index contributed by atoms with van der Waals surface area (Å²) in [5, 5.41) is 0. The van der Waals surface area contributed by atoms with E-state index in [9.17, 15) is 17.6 Å². The lowest BCUT2D eigenvalue weighted by Gasteiger charge is -2.08. The molecule has 0 aliphatic carbocycles. The van der Waals surface area contributed by atoms with Crippen molar-refractivity contribution in [1.82, 2.24) is 9.38 Å². The van der Waals surface area contributed by atoms with E-state index in [4.69, 9.17) is 0 Å². The quantitative estimate of drug-likeness (QED) is 0.564. The Labute approximate surface area is 125 Å². The molecule has 21 heavy (non-hydrogen) atoms. The summed E-state index contributed by atoms with van der Waals surface area (Å²) in [4.78, 5) is 4.23. The highest BCUT2D eigenvalue weighted by atomic mass is 79.9. The number of aromatic nitrogens is 2. The van der Waals surface area contributed by atoms with E-state index < -0.39 is 17.6 Å². The normalized spacial score (nSPS) is 12.0. The highest BCUT2D eigenvalue weighted by Crippen LogP contribution is 2.34. The molecule has 0 saturated carbocycles. The largest absolute Gasteiger partial charge is 0.419 e. The molecular formula is C14H7BrF4N2. The second-order valence-corrected chi connectivity index (χ2v) is 5.35. The Bertz CT molecular complexity index is 823. The van der Waals surface area contributed by atoms with E-state index in [1.54, 1.807) is 28.9 Å². The van der Waals surface area contributed by atoms with Crippen molar-refractivity contribution in [3.8, 4) is 11.3 Å². The molecule has 2 heterocycles. The number of halogens is 5. The summed E-state index contributed by atoms with van der Waals surface area (Å²) in [6, 6.07) is 6.35. The first-order valence-electron chi connectivity index (χ1n) is 5.86. The maximum absolute atomic E-state index is 13.3. The van der Waals surface area contributed by atoms with Gasteiger partial charge >= 0.3 is 6.18 Å². The molecule has 3 aromatic rings. The third-order valence-corrected chi connectivity index (χ3v) is 3.45. The first-order valence-corrected chi connectivity index (χ1v) is 6.65. The van der Waals surface area contributed by atoms with Gasteiger partial charge in [-0.1, -0.05) is 0 Å². The lowest BCUT2D eigenvalue weighted by Crippen LogP contribution is -2.08. The molecule has 2 nitrogen and oxygen atoms in total. The van der Waals surface area contributed by atoms with Gasteiger partial charge in [0.2, 0.25) is 0 Å². The van der Waals surface area contributed by atoms with Gasteiger partial charge in [-0.05, 0) is 46.3 Å². The molecule has 108 valence electrons. The molecule has 0 bridgehead atoms. The van der Waals surface area contributed by atoms with Gasteiger partial charge in [0.1, 0.15) is 11.5 Å². The van der Waals surface area contributed by atoms with Gasteiger partial charge in [-0.25, -0.2) is 9.37 Å². The molecule has 0 amide bonds. The molecule has 0 N–H and O–H groups in total. The van der Waals surface area contributed by atoms with Crippen LogP contribution in [-0.4, -0.2) is 9.38 Å². The van der Waals surface area contributed by atoms with Crippen molar-refractivity contribution in [2.45, 2.75) is 6.18 Å². The predicted octanol–water partition coefficient (Wildman–Crippen LogP) is 4.92. The van der Waals surface area contributed by atoms with E-state index in [0.29, 0.717) is 11.3 Å². The fraction of sp³-hybridized carbons (Fsp3) is 0.0714. The highest BCUT2D eigenvalue weighted by Gasteiger charge is 2.34. The lowest BCUT2D eigenvalue weighted by atomic mass is 10.1. The Balaban J connectivity index is 2.14. The molecule has 0 spiro atoms. The zero-order valence-electron chi connectivity index (χ0n) is 10.3. The van der Waals surface area contributed by atoms with E-state index in [-0.39, 0.29) is 5.56 Å². The van der Waals surface area contributed by atoms with Crippen LogP contribution in [0.2, 0.25) is 0 Å². The van der Waals surface area contributed by atoms with E-state index in [0.717, 1.165) is 16.6 Å². The summed E-state index contributed by atoms with van der Waals surface area (Å²) < 4.78 is 54.0. The van der Waals surface area contributed by atoms with Crippen LogP contribution in [0.4, 0.5) is 17.6 Å². The topological polar surface area (TPSA) is 17.3 Å². The number of benzene rings is 1. The van der Waals surface area contributed by atoms with Crippen LogP contribution in [0.25, 0.3) is 16.9 Å². The van der Waals surface area contributed by atoms with Crippen molar-refractivity contribution in [2.75, 3.05) is 0 Å². The Morgan fingerprint density at radius 3 is 2.52 bits per heavy atom. The molecule has 0 radical (unpaired) electrons. The molecule has 0 atom stereocenters. The van der Waals surface area contributed by atoms with Gasteiger partial charge in [0.05, 0.1) is 11.3 Å². The minimum atomic E-state index is -4.73. The van der Waals surface area contributed by atoms with Crippen LogP contribution in [0.3, 0.4) is 0 Å². The molecule has 0 fully saturated rings. The van der Waals surface area contributed by atoms with Crippen LogP contribution >= 0.6 is 15.9 Å². The molecule has 0 saturated heterocycles. The molecule has 0 aliphatic heterocycles. The molecule has 2 aromatic heterocycles. The Kier molecular flexibility index (Phi) is 3.24.